The first kappa shape index (κ1) is 20.0. The third kappa shape index (κ3) is 4.85. The number of nitrogens with one attached hydrogen (secondary N) is 1. The summed E-state index contributed by atoms with van der Waals surface area (Å²) in [6.45, 7) is 8.42. The number of nitrogens with two attached hydrogens (primary N) is 1. The molecule has 0 spiro atoms. The van der Waals surface area contributed by atoms with Crippen molar-refractivity contribution in [3.63, 3.8) is 0 Å². The number of para-hydroxylation sites is 1. The summed E-state index contributed by atoms with van der Waals surface area (Å²) in [5.74, 6) is 0.249. The SMILES string of the molecule is CCn1c(CCC(N)=O)nnc1S[C@@H](C)C(=O)Nc1c(C)cccc1C. The number of anilines is 1. The maximum Gasteiger partial charge on any atom is 0.237 e. The fourth-order valence-electron chi connectivity index (χ4n) is 2.59. The van der Waals surface area contributed by atoms with Crippen LogP contribution in [0.25, 0.3) is 0 Å². The lowest BCUT2D eigenvalue weighted by Crippen LogP contribution is -2.24. The van der Waals surface area contributed by atoms with E-state index in [9.17, 15) is 9.59 Å². The van der Waals surface area contributed by atoms with Gasteiger partial charge >= 0.3 is 0 Å². The second-order valence-electron chi connectivity index (χ2n) is 6.13. The Bertz CT molecular complexity index is 783. The van der Waals surface area contributed by atoms with Crippen LogP contribution in [0.3, 0.4) is 0 Å². The number of aromatic nitrogens is 3. The van der Waals surface area contributed by atoms with Crippen molar-refractivity contribution in [3.8, 4) is 0 Å². The van der Waals surface area contributed by atoms with Gasteiger partial charge in [-0.1, -0.05) is 30.0 Å². The van der Waals surface area contributed by atoms with E-state index >= 15 is 0 Å². The average molecular weight is 375 g/mol. The van der Waals surface area contributed by atoms with Gasteiger partial charge < -0.3 is 15.6 Å². The lowest BCUT2D eigenvalue weighted by Gasteiger charge is -2.15. The van der Waals surface area contributed by atoms with Crippen LogP contribution in [0, 0.1) is 13.8 Å². The fourth-order valence-corrected chi connectivity index (χ4v) is 3.52. The summed E-state index contributed by atoms with van der Waals surface area (Å²) in [4.78, 5) is 23.6. The summed E-state index contributed by atoms with van der Waals surface area (Å²) >= 11 is 1.35. The molecule has 2 amide bonds. The molecule has 2 aromatic rings. The first-order valence-corrected chi connectivity index (χ1v) is 9.45. The van der Waals surface area contributed by atoms with E-state index in [1.54, 1.807) is 0 Å². The van der Waals surface area contributed by atoms with Crippen LogP contribution in [0.4, 0.5) is 5.69 Å². The topological polar surface area (TPSA) is 103 Å². The van der Waals surface area contributed by atoms with Crippen LogP contribution < -0.4 is 11.1 Å². The van der Waals surface area contributed by atoms with Crippen molar-refractivity contribution >= 4 is 29.3 Å². The van der Waals surface area contributed by atoms with E-state index in [4.69, 9.17) is 5.73 Å². The molecule has 3 N–H and O–H groups in total. The Morgan fingerprint density at radius 3 is 2.50 bits per heavy atom. The minimum Gasteiger partial charge on any atom is -0.370 e. The summed E-state index contributed by atoms with van der Waals surface area (Å²) in [6, 6.07) is 5.91. The third-order valence-corrected chi connectivity index (χ3v) is 5.17. The second kappa shape index (κ2) is 8.84. The van der Waals surface area contributed by atoms with Crippen LogP contribution in [0.15, 0.2) is 23.4 Å². The van der Waals surface area contributed by atoms with Gasteiger partial charge in [0.25, 0.3) is 0 Å². The van der Waals surface area contributed by atoms with E-state index in [-0.39, 0.29) is 23.5 Å². The Labute approximate surface area is 157 Å². The number of hydrogen-bond donors (Lipinski definition) is 2. The van der Waals surface area contributed by atoms with Gasteiger partial charge in [0.2, 0.25) is 11.8 Å². The number of carbonyl (C=O) groups excluding carboxylic acids is 2. The van der Waals surface area contributed by atoms with Gasteiger partial charge in [0.05, 0.1) is 5.25 Å². The number of benzene rings is 1. The Balaban J connectivity index is 2.08. The largest absolute Gasteiger partial charge is 0.370 e. The summed E-state index contributed by atoms with van der Waals surface area (Å²) in [5, 5.41) is 11.6. The number of hydrogen-bond acceptors (Lipinski definition) is 5. The van der Waals surface area contributed by atoms with Crippen molar-refractivity contribution < 1.29 is 9.59 Å². The van der Waals surface area contributed by atoms with Gasteiger partial charge in [0.15, 0.2) is 5.16 Å². The van der Waals surface area contributed by atoms with E-state index in [0.717, 1.165) is 16.8 Å². The van der Waals surface area contributed by atoms with Gasteiger partial charge in [0.1, 0.15) is 5.82 Å². The number of thioether (sulfide) groups is 1. The smallest absolute Gasteiger partial charge is 0.237 e. The molecule has 0 aliphatic rings. The van der Waals surface area contributed by atoms with Crippen molar-refractivity contribution in [2.45, 2.75) is 57.5 Å². The first-order valence-electron chi connectivity index (χ1n) is 8.57. The molecule has 0 bridgehead atoms. The molecule has 0 radical (unpaired) electrons. The molecule has 2 rings (SSSR count). The van der Waals surface area contributed by atoms with Crippen LogP contribution in [0.1, 0.15) is 37.2 Å². The second-order valence-corrected chi connectivity index (χ2v) is 7.43. The minimum atomic E-state index is -0.369. The molecule has 0 saturated heterocycles. The van der Waals surface area contributed by atoms with E-state index in [1.807, 2.05) is 50.5 Å². The predicted molar refractivity (Wildman–Crippen MR) is 103 cm³/mol. The molecule has 1 heterocycles. The molecule has 0 aliphatic carbocycles. The van der Waals surface area contributed by atoms with Gasteiger partial charge in [0, 0.05) is 25.1 Å². The molecule has 1 atom stereocenters. The summed E-state index contributed by atoms with van der Waals surface area (Å²) in [6.07, 6.45) is 0.672. The quantitative estimate of drug-likeness (QED) is 0.690. The lowest BCUT2D eigenvalue weighted by atomic mass is 10.1. The van der Waals surface area contributed by atoms with Crippen LogP contribution >= 0.6 is 11.8 Å². The lowest BCUT2D eigenvalue weighted by molar-refractivity contribution is -0.118. The van der Waals surface area contributed by atoms with Gasteiger partial charge in [-0.05, 0) is 38.8 Å². The van der Waals surface area contributed by atoms with E-state index in [0.29, 0.717) is 23.9 Å². The fraction of sp³-hybridized carbons (Fsp3) is 0.444. The summed E-state index contributed by atoms with van der Waals surface area (Å²) in [5.41, 5.74) is 8.11. The normalized spacial score (nSPS) is 12.0. The number of aryl methyl sites for hydroxylation is 3. The van der Waals surface area contributed by atoms with Gasteiger partial charge in [-0.25, -0.2) is 0 Å². The number of nitrogens with zero attached hydrogens (tertiary/aromatic N) is 3. The van der Waals surface area contributed by atoms with Crippen molar-refractivity contribution in [2.24, 2.45) is 5.73 Å². The Kier molecular flexibility index (Phi) is 6.79. The van der Waals surface area contributed by atoms with Crippen LogP contribution in [-0.4, -0.2) is 31.8 Å². The van der Waals surface area contributed by atoms with Gasteiger partial charge in [-0.15, -0.1) is 10.2 Å². The minimum absolute atomic E-state index is 0.0864. The Hall–Kier alpha value is -2.35. The zero-order chi connectivity index (χ0) is 19.3. The van der Waals surface area contributed by atoms with Crippen LogP contribution in [0.5, 0.6) is 0 Å². The Morgan fingerprint density at radius 2 is 1.92 bits per heavy atom. The zero-order valence-electron chi connectivity index (χ0n) is 15.6. The Morgan fingerprint density at radius 1 is 1.27 bits per heavy atom. The highest BCUT2D eigenvalue weighted by molar-refractivity contribution is 8.00. The highest BCUT2D eigenvalue weighted by atomic mass is 32.2. The monoisotopic (exact) mass is 375 g/mol. The molecule has 8 heteroatoms. The maximum atomic E-state index is 12.6. The zero-order valence-corrected chi connectivity index (χ0v) is 16.4. The third-order valence-electron chi connectivity index (χ3n) is 4.09. The summed E-state index contributed by atoms with van der Waals surface area (Å²) < 4.78 is 1.91. The van der Waals surface area contributed by atoms with Crippen LogP contribution in [0.2, 0.25) is 0 Å². The molecule has 1 aromatic heterocycles. The van der Waals surface area contributed by atoms with Gasteiger partial charge in [-0.2, -0.15) is 0 Å². The van der Waals surface area contributed by atoms with Gasteiger partial charge in [-0.3, -0.25) is 9.59 Å². The first-order chi connectivity index (χ1) is 12.3. The number of carbonyl (C=O) groups is 2. The van der Waals surface area contributed by atoms with E-state index in [2.05, 4.69) is 15.5 Å². The molecule has 0 fully saturated rings. The molecule has 0 unspecified atom stereocenters. The molecule has 140 valence electrons. The molecule has 26 heavy (non-hydrogen) atoms. The molecular formula is C18H25N5O2S. The predicted octanol–water partition coefficient (Wildman–Crippen LogP) is 2.45. The molecule has 0 aliphatic heterocycles. The molecule has 7 nitrogen and oxygen atoms in total. The van der Waals surface area contributed by atoms with E-state index in [1.165, 1.54) is 11.8 Å². The highest BCUT2D eigenvalue weighted by Gasteiger charge is 2.20. The average Bonchev–Trinajstić information content (AvgIpc) is 2.97. The summed E-state index contributed by atoms with van der Waals surface area (Å²) in [7, 11) is 0. The maximum absolute atomic E-state index is 12.6. The van der Waals surface area contributed by atoms with Crippen molar-refractivity contribution in [3.05, 3.63) is 35.2 Å². The van der Waals surface area contributed by atoms with E-state index < -0.39 is 0 Å². The number of rotatable bonds is 8. The van der Waals surface area contributed by atoms with Crippen molar-refractivity contribution in [2.75, 3.05) is 5.32 Å². The van der Waals surface area contributed by atoms with Crippen molar-refractivity contribution in [1.29, 1.82) is 0 Å². The van der Waals surface area contributed by atoms with Crippen LogP contribution in [-0.2, 0) is 22.6 Å². The highest BCUT2D eigenvalue weighted by Crippen LogP contribution is 2.25. The molecular weight excluding hydrogens is 350 g/mol. The standard InChI is InChI=1S/C18H25N5O2S/c1-5-23-15(10-9-14(19)24)21-22-18(23)26-13(4)17(25)20-16-11(2)7-6-8-12(16)3/h6-8,13H,5,9-10H2,1-4H3,(H2,19,24)(H,20,25)/t13-/m0/s1. The number of amides is 2. The van der Waals surface area contributed by atoms with Crippen molar-refractivity contribution in [1.82, 2.24) is 14.8 Å². The number of primary amides is 1. The molecule has 0 saturated carbocycles. The molecule has 1 aromatic carbocycles.